The molecule has 0 unspecified atom stereocenters. The first-order chi connectivity index (χ1) is 10.8. The van der Waals surface area contributed by atoms with Crippen molar-refractivity contribution < 1.29 is 33.1 Å². The Hall–Kier alpha value is -1.24. The van der Waals surface area contributed by atoms with E-state index in [1.165, 1.54) is 5.56 Å². The van der Waals surface area contributed by atoms with Gasteiger partial charge >= 0.3 is 18.9 Å². The van der Waals surface area contributed by atoms with Crippen LogP contribution in [0.2, 0.25) is 0 Å². The van der Waals surface area contributed by atoms with E-state index in [1.54, 1.807) is 7.11 Å². The third-order valence-electron chi connectivity index (χ3n) is 3.31. The van der Waals surface area contributed by atoms with Crippen molar-refractivity contribution in [2.24, 2.45) is 5.92 Å². The molecule has 0 radical (unpaired) electrons. The zero-order valence-corrected chi connectivity index (χ0v) is 14.2. The summed E-state index contributed by atoms with van der Waals surface area (Å²) in [6, 6.07) is 18.2. The van der Waals surface area contributed by atoms with Crippen LogP contribution in [0, 0.1) is 12.5 Å². The van der Waals surface area contributed by atoms with Gasteiger partial charge < -0.3 is 14.2 Å². The second kappa shape index (κ2) is 11.3. The van der Waals surface area contributed by atoms with Crippen molar-refractivity contribution in [1.82, 2.24) is 0 Å². The largest absolute Gasteiger partial charge is 1.00 e. The second-order valence-corrected chi connectivity index (χ2v) is 5.28. The number of hydrogen-bond acceptors (Lipinski definition) is 3. The Labute approximate surface area is 151 Å². The quantitative estimate of drug-likeness (QED) is 0.302. The first-order valence-electron chi connectivity index (χ1n) is 7.47. The van der Waals surface area contributed by atoms with Crippen molar-refractivity contribution in [3.63, 3.8) is 0 Å². The summed E-state index contributed by atoms with van der Waals surface area (Å²) >= 11 is 0. The first-order valence-corrected chi connectivity index (χ1v) is 7.47. The van der Waals surface area contributed by atoms with Gasteiger partial charge in [-0.25, -0.2) is 6.61 Å². The minimum Gasteiger partial charge on any atom is -0.532 e. The van der Waals surface area contributed by atoms with Crippen LogP contribution in [0.5, 0.6) is 5.75 Å². The monoisotopic (exact) mass is 306 g/mol. The normalized spacial score (nSPS) is 11.6. The molecule has 3 nitrogen and oxygen atoms in total. The van der Waals surface area contributed by atoms with E-state index >= 15 is 0 Å². The van der Waals surface area contributed by atoms with Gasteiger partial charge in [0.1, 0.15) is 12.5 Å². The molecule has 23 heavy (non-hydrogen) atoms. The van der Waals surface area contributed by atoms with Gasteiger partial charge in [-0.2, -0.15) is 0 Å². The van der Waals surface area contributed by atoms with Gasteiger partial charge in [0.25, 0.3) is 0 Å². The van der Waals surface area contributed by atoms with Crippen molar-refractivity contribution in [1.29, 1.82) is 0 Å². The van der Waals surface area contributed by atoms with E-state index in [0.29, 0.717) is 12.5 Å². The van der Waals surface area contributed by atoms with Gasteiger partial charge in [-0.05, 0) is 17.7 Å². The van der Waals surface area contributed by atoms with Crippen molar-refractivity contribution in [3.05, 3.63) is 72.3 Å². The molecule has 0 aliphatic heterocycles. The zero-order chi connectivity index (χ0) is 15.6. The van der Waals surface area contributed by atoms with Crippen molar-refractivity contribution >= 4 is 0 Å². The van der Waals surface area contributed by atoms with Crippen LogP contribution in [0.25, 0.3) is 0 Å². The minimum atomic E-state index is 0. The van der Waals surface area contributed by atoms with Gasteiger partial charge in [-0.3, -0.25) is 0 Å². The van der Waals surface area contributed by atoms with Crippen LogP contribution in [0.1, 0.15) is 18.1 Å². The van der Waals surface area contributed by atoms with Gasteiger partial charge in [0.05, 0.1) is 13.7 Å². The van der Waals surface area contributed by atoms with E-state index in [2.05, 4.69) is 31.2 Å². The standard InChI is InChI=1S/C19H23O3.Li/c1-16(12-17-6-4-3-5-7-17)13-21-15-22-14-18-8-10-19(20-2)11-9-18;/h3-11,13,16H,12,14-15H2,1-2H3;/q-1;+1/t16-;/m1./s1. The summed E-state index contributed by atoms with van der Waals surface area (Å²) in [6.45, 7) is 4.79. The molecule has 0 aliphatic rings. The summed E-state index contributed by atoms with van der Waals surface area (Å²) in [6.07, 6.45) is 0.972. The maximum atomic E-state index is 5.50. The molecule has 2 rings (SSSR count). The van der Waals surface area contributed by atoms with Crippen LogP contribution < -0.4 is 23.6 Å². The Balaban J connectivity index is 0.00000264. The summed E-state index contributed by atoms with van der Waals surface area (Å²) in [4.78, 5) is 0. The van der Waals surface area contributed by atoms with Crippen LogP contribution in [-0.4, -0.2) is 13.9 Å². The summed E-state index contributed by atoms with van der Waals surface area (Å²) in [5.74, 6) is 1.20. The van der Waals surface area contributed by atoms with Gasteiger partial charge in [0, 0.05) is 0 Å². The molecule has 0 amide bonds. The van der Waals surface area contributed by atoms with Crippen molar-refractivity contribution in [3.8, 4) is 5.75 Å². The van der Waals surface area contributed by atoms with Crippen molar-refractivity contribution in [2.45, 2.75) is 20.0 Å². The van der Waals surface area contributed by atoms with Crippen LogP contribution in [0.3, 0.4) is 0 Å². The van der Waals surface area contributed by atoms with E-state index in [4.69, 9.17) is 14.2 Å². The van der Waals surface area contributed by atoms with Crippen LogP contribution in [-0.2, 0) is 22.5 Å². The number of benzene rings is 2. The van der Waals surface area contributed by atoms with E-state index in [0.717, 1.165) is 17.7 Å². The molecule has 0 heterocycles. The molecular weight excluding hydrogens is 283 g/mol. The average Bonchev–Trinajstić information content (AvgIpc) is 2.56. The molecule has 2 aromatic carbocycles. The number of ether oxygens (including phenoxy) is 3. The predicted molar refractivity (Wildman–Crippen MR) is 87.3 cm³/mol. The van der Waals surface area contributed by atoms with Crippen LogP contribution >= 0.6 is 0 Å². The molecule has 0 aromatic heterocycles. The molecular formula is C19H23LiO3. The third kappa shape index (κ3) is 7.72. The molecule has 1 atom stereocenters. The third-order valence-corrected chi connectivity index (χ3v) is 3.31. The van der Waals surface area contributed by atoms with E-state index < -0.39 is 0 Å². The van der Waals surface area contributed by atoms with Gasteiger partial charge in [-0.15, -0.1) is 5.92 Å². The molecule has 0 spiro atoms. The second-order valence-electron chi connectivity index (χ2n) is 5.28. The van der Waals surface area contributed by atoms with E-state index in [-0.39, 0.29) is 25.7 Å². The van der Waals surface area contributed by atoms with Gasteiger partial charge in [0.2, 0.25) is 0 Å². The minimum absolute atomic E-state index is 0. The molecule has 0 N–H and O–H groups in total. The molecule has 0 saturated heterocycles. The van der Waals surface area contributed by atoms with E-state index in [9.17, 15) is 0 Å². The summed E-state index contributed by atoms with van der Waals surface area (Å²) in [5, 5.41) is 0. The number of hydrogen-bond donors (Lipinski definition) is 0. The summed E-state index contributed by atoms with van der Waals surface area (Å²) < 4.78 is 16.1. The fourth-order valence-electron chi connectivity index (χ4n) is 2.17. The smallest absolute Gasteiger partial charge is 0.532 e. The Morgan fingerprint density at radius 1 is 0.957 bits per heavy atom. The Morgan fingerprint density at radius 2 is 1.65 bits per heavy atom. The molecule has 2 aromatic rings. The van der Waals surface area contributed by atoms with Gasteiger partial charge in [0.15, 0.2) is 0 Å². The summed E-state index contributed by atoms with van der Waals surface area (Å²) in [5.41, 5.74) is 2.41. The van der Waals surface area contributed by atoms with Crippen LogP contribution in [0.4, 0.5) is 0 Å². The Bertz CT molecular complexity index is 528. The topological polar surface area (TPSA) is 27.7 Å². The number of methoxy groups -OCH3 is 1. The molecule has 0 bridgehead atoms. The van der Waals surface area contributed by atoms with Gasteiger partial charge in [-0.1, -0.05) is 61.4 Å². The molecule has 0 aliphatic carbocycles. The average molecular weight is 306 g/mol. The van der Waals surface area contributed by atoms with Crippen molar-refractivity contribution in [2.75, 3.05) is 13.9 Å². The predicted octanol–water partition coefficient (Wildman–Crippen LogP) is 1.23. The maximum Gasteiger partial charge on any atom is 1.00 e. The SMILES string of the molecule is COc1ccc(COCO[CH-][C@H](C)Cc2ccccc2)cc1.[Li+]. The molecule has 0 saturated carbocycles. The molecule has 0 fully saturated rings. The first kappa shape index (κ1) is 19.8. The fraction of sp³-hybridized carbons (Fsp3) is 0.316. The van der Waals surface area contributed by atoms with Crippen LogP contribution in [0.15, 0.2) is 54.6 Å². The van der Waals surface area contributed by atoms with E-state index in [1.807, 2.05) is 36.9 Å². The zero-order valence-electron chi connectivity index (χ0n) is 14.2. The Kier molecular flexibility index (Phi) is 9.74. The maximum absolute atomic E-state index is 5.50. The molecule has 4 heteroatoms. The summed E-state index contributed by atoms with van der Waals surface area (Å²) in [7, 11) is 1.66. The Morgan fingerprint density at radius 3 is 2.30 bits per heavy atom. The number of rotatable bonds is 9. The fourth-order valence-corrected chi connectivity index (χ4v) is 2.17. The molecule has 118 valence electrons.